The van der Waals surface area contributed by atoms with E-state index < -0.39 is 23.5 Å². The Morgan fingerprint density at radius 1 is 1.09 bits per heavy atom. The normalized spacial score (nSPS) is 19.2. The number of hydrogen-bond donors (Lipinski definition) is 1. The van der Waals surface area contributed by atoms with Gasteiger partial charge in [-0.3, -0.25) is 9.59 Å². The highest BCUT2D eigenvalue weighted by molar-refractivity contribution is 9.10. The number of rotatable bonds is 8. The molecule has 34 heavy (non-hydrogen) atoms. The van der Waals surface area contributed by atoms with E-state index in [0.717, 1.165) is 36.1 Å². The number of likely N-dealkylation sites (tertiary alicyclic amines) is 1. The van der Waals surface area contributed by atoms with Gasteiger partial charge in [0, 0.05) is 23.0 Å². The van der Waals surface area contributed by atoms with Crippen molar-refractivity contribution in [3.05, 3.63) is 63.6 Å². The fraction of sp³-hybridized carbons (Fsp3) is 0.385. The zero-order chi connectivity index (χ0) is 24.2. The number of halogens is 1. The summed E-state index contributed by atoms with van der Waals surface area (Å²) in [6, 6.07) is 11.6. The lowest BCUT2D eigenvalue weighted by atomic mass is 9.95. The van der Waals surface area contributed by atoms with Crippen LogP contribution in [-0.2, 0) is 9.59 Å². The molecule has 1 atom stereocenters. The Balaban J connectivity index is 1.73. The van der Waals surface area contributed by atoms with Crippen LogP contribution in [0.25, 0.3) is 5.76 Å². The minimum absolute atomic E-state index is 0.0186. The first-order valence-corrected chi connectivity index (χ1v) is 12.5. The molecule has 0 aromatic heterocycles. The Kier molecular flexibility index (Phi) is 7.58. The summed E-state index contributed by atoms with van der Waals surface area (Å²) in [4.78, 5) is 29.3. The van der Waals surface area contributed by atoms with Gasteiger partial charge in [-0.05, 0) is 49.2 Å². The summed E-state index contributed by atoms with van der Waals surface area (Å²) in [5, 5.41) is 13.6. The van der Waals surface area contributed by atoms with Gasteiger partial charge in [0.25, 0.3) is 5.91 Å². The molecule has 0 spiro atoms. The van der Waals surface area contributed by atoms with E-state index in [0.29, 0.717) is 36.8 Å². The number of quaternary nitrogens is 1. The minimum atomic E-state index is -0.736. The molecule has 2 aromatic carbocycles. The van der Waals surface area contributed by atoms with Crippen molar-refractivity contribution in [3.63, 3.8) is 0 Å². The summed E-state index contributed by atoms with van der Waals surface area (Å²) < 4.78 is 12.0. The molecule has 4 rings (SSSR count). The van der Waals surface area contributed by atoms with E-state index in [1.54, 1.807) is 23.1 Å². The maximum Gasteiger partial charge on any atom is 0.295 e. The van der Waals surface area contributed by atoms with Crippen molar-refractivity contribution >= 4 is 33.4 Å². The van der Waals surface area contributed by atoms with Crippen LogP contribution in [0.5, 0.6) is 11.5 Å². The molecule has 2 aromatic rings. The molecule has 0 bridgehead atoms. The van der Waals surface area contributed by atoms with Crippen LogP contribution in [0, 0.1) is 0 Å². The van der Waals surface area contributed by atoms with E-state index in [9.17, 15) is 14.7 Å². The molecule has 0 saturated carbocycles. The number of benzene rings is 2. The Hall–Kier alpha value is -2.84. The van der Waals surface area contributed by atoms with Crippen molar-refractivity contribution in [3.8, 4) is 11.5 Å². The first-order chi connectivity index (χ1) is 16.4. The predicted molar refractivity (Wildman–Crippen MR) is 129 cm³/mol. The fourth-order valence-corrected chi connectivity index (χ4v) is 4.98. The number of fused-ring (bicyclic) bond motifs is 1. The van der Waals surface area contributed by atoms with Crippen LogP contribution in [0.1, 0.15) is 37.4 Å². The molecular formula is C26H29BrN2O5. The molecule has 0 radical (unpaired) electrons. The van der Waals surface area contributed by atoms with E-state index in [-0.39, 0.29) is 5.57 Å². The van der Waals surface area contributed by atoms with E-state index in [2.05, 4.69) is 29.8 Å². The van der Waals surface area contributed by atoms with Crippen molar-refractivity contribution < 1.29 is 29.1 Å². The number of nitrogens with one attached hydrogen (secondary N) is 1. The van der Waals surface area contributed by atoms with Crippen LogP contribution < -0.4 is 19.5 Å². The molecule has 2 aliphatic rings. The van der Waals surface area contributed by atoms with Gasteiger partial charge in [-0.15, -0.1) is 0 Å². The quantitative estimate of drug-likeness (QED) is 0.320. The Morgan fingerprint density at radius 3 is 2.53 bits per heavy atom. The highest BCUT2D eigenvalue weighted by Gasteiger charge is 2.44. The molecular weight excluding hydrogens is 500 g/mol. The fourth-order valence-electron chi connectivity index (χ4n) is 4.57. The monoisotopic (exact) mass is 528 g/mol. The van der Waals surface area contributed by atoms with Crippen LogP contribution in [0.15, 0.2) is 52.5 Å². The smallest absolute Gasteiger partial charge is 0.295 e. The van der Waals surface area contributed by atoms with E-state index in [4.69, 9.17) is 9.47 Å². The Labute approximate surface area is 208 Å². The van der Waals surface area contributed by atoms with Gasteiger partial charge >= 0.3 is 0 Å². The SMILES string of the molecule is CC[NH+](CC)CCCN1C(=O)C(=O)C(=C([O-])c2ccc3c(c2)OCCO3)C1c1cccc(Br)c1. The zero-order valence-corrected chi connectivity index (χ0v) is 21.0. The van der Waals surface area contributed by atoms with Gasteiger partial charge in [-0.2, -0.15) is 0 Å². The van der Waals surface area contributed by atoms with Gasteiger partial charge in [-0.25, -0.2) is 0 Å². The third-order valence-corrected chi connectivity index (χ3v) is 6.92. The summed E-state index contributed by atoms with van der Waals surface area (Å²) in [5.41, 5.74) is 1.01. The molecule has 2 aliphatic heterocycles. The number of carbonyl (C=O) groups is 2. The molecule has 1 saturated heterocycles. The van der Waals surface area contributed by atoms with Crippen molar-refractivity contribution in [2.24, 2.45) is 0 Å². The van der Waals surface area contributed by atoms with E-state index in [1.807, 2.05) is 24.3 Å². The third kappa shape index (κ3) is 4.83. The van der Waals surface area contributed by atoms with Gasteiger partial charge in [0.05, 0.1) is 25.7 Å². The zero-order valence-electron chi connectivity index (χ0n) is 19.4. The first-order valence-electron chi connectivity index (χ1n) is 11.7. The molecule has 0 aliphatic carbocycles. The molecule has 2 heterocycles. The molecule has 1 fully saturated rings. The average Bonchev–Trinajstić information content (AvgIpc) is 3.11. The highest BCUT2D eigenvalue weighted by Crippen LogP contribution is 2.40. The van der Waals surface area contributed by atoms with Crippen molar-refractivity contribution in [1.82, 2.24) is 4.90 Å². The summed E-state index contributed by atoms with van der Waals surface area (Å²) in [5.74, 6) is -0.796. The lowest BCUT2D eigenvalue weighted by molar-refractivity contribution is -0.896. The molecule has 1 N–H and O–H groups in total. The van der Waals surface area contributed by atoms with Crippen LogP contribution in [0.3, 0.4) is 0 Å². The lowest BCUT2D eigenvalue weighted by Crippen LogP contribution is -3.11. The summed E-state index contributed by atoms with van der Waals surface area (Å²) in [6.07, 6.45) is 0.742. The number of Topliss-reactive ketones (excluding diaryl/α,β-unsaturated/α-hetero) is 1. The summed E-state index contributed by atoms with van der Waals surface area (Å²) >= 11 is 3.48. The maximum atomic E-state index is 13.6. The second-order valence-corrected chi connectivity index (χ2v) is 9.36. The summed E-state index contributed by atoms with van der Waals surface area (Å²) in [6.45, 7) is 8.39. The number of ether oxygens (including phenoxy) is 2. The van der Waals surface area contributed by atoms with Crippen LogP contribution >= 0.6 is 15.9 Å². The van der Waals surface area contributed by atoms with Gasteiger partial charge < -0.3 is 24.4 Å². The molecule has 1 unspecified atom stereocenters. The second-order valence-electron chi connectivity index (χ2n) is 8.45. The number of hydrogen-bond acceptors (Lipinski definition) is 5. The largest absolute Gasteiger partial charge is 0.872 e. The lowest BCUT2D eigenvalue weighted by Gasteiger charge is -2.28. The topological polar surface area (TPSA) is 83.3 Å². The Morgan fingerprint density at radius 2 is 1.82 bits per heavy atom. The van der Waals surface area contributed by atoms with E-state index >= 15 is 0 Å². The molecule has 1 amide bonds. The van der Waals surface area contributed by atoms with Crippen molar-refractivity contribution in [1.29, 1.82) is 0 Å². The van der Waals surface area contributed by atoms with Crippen LogP contribution in [-0.4, -0.2) is 56.0 Å². The number of carbonyl (C=O) groups excluding carboxylic acids is 2. The van der Waals surface area contributed by atoms with Gasteiger partial charge in [-0.1, -0.05) is 39.9 Å². The maximum absolute atomic E-state index is 13.6. The number of ketones is 1. The predicted octanol–water partition coefficient (Wildman–Crippen LogP) is 1.76. The minimum Gasteiger partial charge on any atom is -0.872 e. The first kappa shape index (κ1) is 24.3. The van der Waals surface area contributed by atoms with Crippen LogP contribution in [0.4, 0.5) is 0 Å². The van der Waals surface area contributed by atoms with Crippen molar-refractivity contribution in [2.75, 3.05) is 39.4 Å². The third-order valence-electron chi connectivity index (χ3n) is 6.43. The van der Waals surface area contributed by atoms with Crippen LogP contribution in [0.2, 0.25) is 0 Å². The molecule has 8 heteroatoms. The standard InChI is InChI=1S/C26H29BrN2O5/c1-3-28(4-2)11-6-12-29-23(17-7-5-8-19(27)15-17)22(25(31)26(29)32)24(30)18-9-10-20-21(16-18)34-14-13-33-20/h5,7-10,15-16,23,30H,3-4,6,11-14H2,1-2H3. The molecule has 7 nitrogen and oxygen atoms in total. The van der Waals surface area contributed by atoms with E-state index in [1.165, 1.54) is 4.90 Å². The Bertz CT molecular complexity index is 1110. The van der Waals surface area contributed by atoms with Gasteiger partial charge in [0.2, 0.25) is 5.78 Å². The number of nitrogens with zero attached hydrogens (tertiary/aromatic N) is 1. The average molecular weight is 529 g/mol. The molecule has 180 valence electrons. The number of amides is 1. The van der Waals surface area contributed by atoms with Gasteiger partial charge in [0.15, 0.2) is 11.5 Å². The second kappa shape index (κ2) is 10.6. The van der Waals surface area contributed by atoms with Crippen molar-refractivity contribution in [2.45, 2.75) is 26.3 Å². The summed E-state index contributed by atoms with van der Waals surface area (Å²) in [7, 11) is 0. The highest BCUT2D eigenvalue weighted by atomic mass is 79.9. The van der Waals surface area contributed by atoms with Gasteiger partial charge in [0.1, 0.15) is 13.2 Å².